The monoisotopic (exact) mass is 281 g/mol. The smallest absolute Gasteiger partial charge is 0.195 e. The first-order valence-corrected chi connectivity index (χ1v) is 6.85. The largest absolute Gasteiger partial charge is 0.398 e. The summed E-state index contributed by atoms with van der Waals surface area (Å²) >= 11 is 0. The van der Waals surface area contributed by atoms with Gasteiger partial charge in [0.1, 0.15) is 0 Å². The molecule has 108 valence electrons. The first-order chi connectivity index (χ1) is 9.80. The van der Waals surface area contributed by atoms with Crippen LogP contribution in [-0.2, 0) is 0 Å². The molecule has 0 saturated heterocycles. The predicted octanol–water partition coefficient (Wildman–Crippen LogP) is 3.73. The number of carbonyl (C=O) groups is 2. The van der Waals surface area contributed by atoms with E-state index in [1.165, 1.54) is 0 Å². The number of nitrogen functional groups attached to an aromatic ring is 1. The minimum Gasteiger partial charge on any atom is -0.398 e. The van der Waals surface area contributed by atoms with Gasteiger partial charge in [-0.2, -0.15) is 0 Å². The molecule has 21 heavy (non-hydrogen) atoms. The standard InChI is InChI=1S/C18H19NO2/c1-18(2,3)17(21)13-10-8-12(9-11-13)16(20)14-6-4-5-7-15(14)19/h4-11H,19H2,1-3H3. The van der Waals surface area contributed by atoms with Gasteiger partial charge in [-0.05, 0) is 12.1 Å². The van der Waals surface area contributed by atoms with Crippen LogP contribution in [0.4, 0.5) is 5.69 Å². The van der Waals surface area contributed by atoms with Crippen molar-refractivity contribution in [2.24, 2.45) is 5.41 Å². The van der Waals surface area contributed by atoms with Crippen molar-refractivity contribution in [3.05, 3.63) is 65.2 Å². The number of Topliss-reactive ketones (excluding diaryl/α,β-unsaturated/α-hetero) is 1. The normalized spacial score (nSPS) is 11.2. The molecule has 0 amide bonds. The third kappa shape index (κ3) is 3.19. The first-order valence-electron chi connectivity index (χ1n) is 6.85. The van der Waals surface area contributed by atoms with E-state index in [0.717, 1.165) is 0 Å². The summed E-state index contributed by atoms with van der Waals surface area (Å²) in [6.07, 6.45) is 0. The summed E-state index contributed by atoms with van der Waals surface area (Å²) in [4.78, 5) is 24.5. The van der Waals surface area contributed by atoms with Crippen molar-refractivity contribution >= 4 is 17.3 Å². The van der Waals surface area contributed by atoms with Crippen molar-refractivity contribution in [1.29, 1.82) is 0 Å². The zero-order chi connectivity index (χ0) is 15.6. The van der Waals surface area contributed by atoms with Crippen LogP contribution >= 0.6 is 0 Å². The second-order valence-corrected chi connectivity index (χ2v) is 6.07. The molecular weight excluding hydrogens is 262 g/mol. The van der Waals surface area contributed by atoms with Crippen molar-refractivity contribution in [1.82, 2.24) is 0 Å². The molecular formula is C18H19NO2. The van der Waals surface area contributed by atoms with Gasteiger partial charge in [0, 0.05) is 27.8 Å². The van der Waals surface area contributed by atoms with E-state index < -0.39 is 5.41 Å². The molecule has 0 aliphatic rings. The molecule has 0 bridgehead atoms. The molecule has 0 aliphatic carbocycles. The minimum atomic E-state index is -0.435. The average Bonchev–Trinajstić information content (AvgIpc) is 2.45. The third-order valence-electron chi connectivity index (χ3n) is 3.30. The molecule has 0 spiro atoms. The van der Waals surface area contributed by atoms with Crippen LogP contribution in [0.1, 0.15) is 47.1 Å². The molecule has 2 aromatic carbocycles. The number of hydrogen-bond acceptors (Lipinski definition) is 3. The maximum Gasteiger partial charge on any atom is 0.195 e. The zero-order valence-corrected chi connectivity index (χ0v) is 12.5. The van der Waals surface area contributed by atoms with Gasteiger partial charge in [0.25, 0.3) is 0 Å². The fourth-order valence-electron chi connectivity index (χ4n) is 2.07. The molecule has 2 rings (SSSR count). The average molecular weight is 281 g/mol. The van der Waals surface area contributed by atoms with Gasteiger partial charge >= 0.3 is 0 Å². The predicted molar refractivity (Wildman–Crippen MR) is 84.5 cm³/mol. The molecule has 3 nitrogen and oxygen atoms in total. The summed E-state index contributed by atoms with van der Waals surface area (Å²) in [6.45, 7) is 5.62. The Morgan fingerprint density at radius 3 is 1.90 bits per heavy atom. The van der Waals surface area contributed by atoms with Crippen molar-refractivity contribution < 1.29 is 9.59 Å². The highest BCUT2D eigenvalue weighted by atomic mass is 16.1. The highest BCUT2D eigenvalue weighted by molar-refractivity contribution is 6.12. The molecule has 3 heteroatoms. The van der Waals surface area contributed by atoms with Crippen LogP contribution < -0.4 is 5.73 Å². The number of ketones is 2. The number of nitrogens with two attached hydrogens (primary N) is 1. The molecule has 0 radical (unpaired) electrons. The van der Waals surface area contributed by atoms with E-state index in [-0.39, 0.29) is 11.6 Å². The first kappa shape index (κ1) is 15.0. The Hall–Kier alpha value is -2.42. The molecule has 0 unspecified atom stereocenters. The topological polar surface area (TPSA) is 60.2 Å². The van der Waals surface area contributed by atoms with Gasteiger partial charge in [-0.1, -0.05) is 57.2 Å². The number of para-hydroxylation sites is 1. The Labute approximate surface area is 124 Å². The number of rotatable bonds is 3. The zero-order valence-electron chi connectivity index (χ0n) is 12.5. The van der Waals surface area contributed by atoms with E-state index in [2.05, 4.69) is 0 Å². The molecule has 0 atom stereocenters. The van der Waals surface area contributed by atoms with Gasteiger partial charge in [-0.3, -0.25) is 9.59 Å². The van der Waals surface area contributed by atoms with Crippen LogP contribution in [0.5, 0.6) is 0 Å². The number of benzene rings is 2. The maximum atomic E-state index is 12.4. The van der Waals surface area contributed by atoms with Crippen LogP contribution in [0.15, 0.2) is 48.5 Å². The quantitative estimate of drug-likeness (QED) is 0.689. The lowest BCUT2D eigenvalue weighted by Gasteiger charge is -2.16. The molecule has 0 aliphatic heterocycles. The second-order valence-electron chi connectivity index (χ2n) is 6.07. The van der Waals surface area contributed by atoms with Gasteiger partial charge < -0.3 is 5.73 Å². The van der Waals surface area contributed by atoms with Crippen LogP contribution in [0.2, 0.25) is 0 Å². The van der Waals surface area contributed by atoms with E-state index in [0.29, 0.717) is 22.4 Å². The molecule has 0 aromatic heterocycles. The van der Waals surface area contributed by atoms with Gasteiger partial charge in [0.05, 0.1) is 0 Å². The second kappa shape index (κ2) is 5.52. The van der Waals surface area contributed by atoms with Crippen molar-refractivity contribution in [3.8, 4) is 0 Å². The fourth-order valence-corrected chi connectivity index (χ4v) is 2.07. The SMILES string of the molecule is CC(C)(C)C(=O)c1ccc(C(=O)c2ccccc2N)cc1. The molecule has 0 fully saturated rings. The Morgan fingerprint density at radius 2 is 1.38 bits per heavy atom. The van der Waals surface area contributed by atoms with Crippen LogP contribution in [0, 0.1) is 5.41 Å². The molecule has 2 N–H and O–H groups in total. The summed E-state index contributed by atoms with van der Waals surface area (Å²) in [6, 6.07) is 13.7. The van der Waals surface area contributed by atoms with Crippen molar-refractivity contribution in [3.63, 3.8) is 0 Å². The van der Waals surface area contributed by atoms with E-state index in [1.807, 2.05) is 20.8 Å². The lowest BCUT2D eigenvalue weighted by Crippen LogP contribution is -2.20. The Bertz CT molecular complexity index is 679. The maximum absolute atomic E-state index is 12.4. The number of anilines is 1. The molecule has 2 aromatic rings. The highest BCUT2D eigenvalue weighted by Gasteiger charge is 2.23. The van der Waals surface area contributed by atoms with Gasteiger partial charge in [-0.15, -0.1) is 0 Å². The summed E-state index contributed by atoms with van der Waals surface area (Å²) < 4.78 is 0. The summed E-state index contributed by atoms with van der Waals surface area (Å²) in [5.41, 5.74) is 7.46. The van der Waals surface area contributed by atoms with Crippen molar-refractivity contribution in [2.45, 2.75) is 20.8 Å². The summed E-state index contributed by atoms with van der Waals surface area (Å²) in [5.74, 6) is -0.0800. The minimum absolute atomic E-state index is 0.0562. The Morgan fingerprint density at radius 1 is 0.857 bits per heavy atom. The highest BCUT2D eigenvalue weighted by Crippen LogP contribution is 2.22. The van der Waals surface area contributed by atoms with Crippen molar-refractivity contribution in [2.75, 3.05) is 5.73 Å². The van der Waals surface area contributed by atoms with E-state index in [1.54, 1.807) is 48.5 Å². The lowest BCUT2D eigenvalue weighted by molar-refractivity contribution is 0.0857. The summed E-state index contributed by atoms with van der Waals surface area (Å²) in [7, 11) is 0. The van der Waals surface area contributed by atoms with Crippen LogP contribution in [0.3, 0.4) is 0 Å². The third-order valence-corrected chi connectivity index (χ3v) is 3.30. The van der Waals surface area contributed by atoms with Crippen LogP contribution in [0.25, 0.3) is 0 Å². The fraction of sp³-hybridized carbons (Fsp3) is 0.222. The molecule has 0 saturated carbocycles. The van der Waals surface area contributed by atoms with Crippen LogP contribution in [-0.4, -0.2) is 11.6 Å². The molecule has 0 heterocycles. The number of carbonyl (C=O) groups excluding carboxylic acids is 2. The number of hydrogen-bond donors (Lipinski definition) is 1. The van der Waals surface area contributed by atoms with E-state index in [9.17, 15) is 9.59 Å². The van der Waals surface area contributed by atoms with Gasteiger partial charge in [-0.25, -0.2) is 0 Å². The van der Waals surface area contributed by atoms with E-state index >= 15 is 0 Å². The van der Waals surface area contributed by atoms with E-state index in [4.69, 9.17) is 5.73 Å². The van der Waals surface area contributed by atoms with Gasteiger partial charge in [0.2, 0.25) is 0 Å². The Balaban J connectivity index is 2.30. The summed E-state index contributed by atoms with van der Waals surface area (Å²) in [5, 5.41) is 0. The van der Waals surface area contributed by atoms with Gasteiger partial charge in [0.15, 0.2) is 11.6 Å². The Kier molecular flexibility index (Phi) is 3.94. The lowest BCUT2D eigenvalue weighted by atomic mass is 9.86.